The molecule has 0 spiro atoms. The average molecular weight is 473 g/mol. The molecule has 178 valence electrons. The average Bonchev–Trinajstić information content (AvgIpc) is 2.83. The maximum Gasteiger partial charge on any atom is 0.223 e. The Kier molecular flexibility index (Phi) is 7.49. The molecule has 0 bridgehead atoms. The summed E-state index contributed by atoms with van der Waals surface area (Å²) in [6.07, 6.45) is 6.56. The van der Waals surface area contributed by atoms with E-state index in [4.69, 9.17) is 0 Å². The summed E-state index contributed by atoms with van der Waals surface area (Å²) in [4.78, 5) is 13.0. The normalized spacial score (nSPS) is 18.5. The highest BCUT2D eigenvalue weighted by atomic mass is 32.2. The van der Waals surface area contributed by atoms with E-state index in [0.717, 1.165) is 24.8 Å². The van der Waals surface area contributed by atoms with Gasteiger partial charge in [0.15, 0.2) is 0 Å². The Morgan fingerprint density at radius 2 is 1.73 bits per heavy atom. The minimum Gasteiger partial charge on any atom is -0.349 e. The van der Waals surface area contributed by atoms with Gasteiger partial charge < -0.3 is 5.32 Å². The standard InChI is InChI=1S/C26H33FN2O3S/c1-2-25(23-10-9-20-5-3-4-6-22(20)17-23)28-26(30)21-13-15-29(16-14-21)33(31,32)18-19-7-11-24(27)12-8-19/h7-12,17,21,25H,2-6,13-16,18H2,1H3,(H,28,30). The predicted octanol–water partition coefficient (Wildman–Crippen LogP) is 4.51. The number of halogens is 1. The molecule has 4 rings (SSSR count). The van der Waals surface area contributed by atoms with E-state index >= 15 is 0 Å². The molecule has 0 radical (unpaired) electrons. The molecule has 5 nitrogen and oxygen atoms in total. The second-order valence-electron chi connectivity index (χ2n) is 9.26. The number of piperidine rings is 1. The lowest BCUT2D eigenvalue weighted by atomic mass is 9.88. The van der Waals surface area contributed by atoms with Gasteiger partial charge in [-0.3, -0.25) is 4.79 Å². The first-order chi connectivity index (χ1) is 15.9. The molecule has 1 atom stereocenters. The van der Waals surface area contributed by atoms with Crippen LogP contribution >= 0.6 is 0 Å². The van der Waals surface area contributed by atoms with Crippen LogP contribution in [0.2, 0.25) is 0 Å². The monoisotopic (exact) mass is 472 g/mol. The van der Waals surface area contributed by atoms with E-state index in [2.05, 4.69) is 30.4 Å². The molecule has 1 aliphatic heterocycles. The molecule has 33 heavy (non-hydrogen) atoms. The van der Waals surface area contributed by atoms with Crippen LogP contribution in [0.25, 0.3) is 0 Å². The quantitative estimate of drug-likeness (QED) is 0.645. The van der Waals surface area contributed by atoms with Crippen molar-refractivity contribution in [2.75, 3.05) is 13.1 Å². The van der Waals surface area contributed by atoms with Gasteiger partial charge in [0.1, 0.15) is 5.82 Å². The number of nitrogens with one attached hydrogen (secondary N) is 1. The summed E-state index contributed by atoms with van der Waals surface area (Å²) in [5.74, 6) is -0.715. The Morgan fingerprint density at radius 1 is 1.06 bits per heavy atom. The molecule has 1 heterocycles. The first-order valence-corrected chi connectivity index (χ1v) is 13.6. The predicted molar refractivity (Wildman–Crippen MR) is 128 cm³/mol. The van der Waals surface area contributed by atoms with Gasteiger partial charge in [-0.15, -0.1) is 0 Å². The number of benzene rings is 2. The molecular weight excluding hydrogens is 439 g/mol. The van der Waals surface area contributed by atoms with Gasteiger partial charge in [0.2, 0.25) is 15.9 Å². The zero-order valence-corrected chi connectivity index (χ0v) is 20.0. The molecular formula is C26H33FN2O3S. The van der Waals surface area contributed by atoms with Gasteiger partial charge >= 0.3 is 0 Å². The first-order valence-electron chi connectivity index (χ1n) is 12.0. The highest BCUT2D eigenvalue weighted by molar-refractivity contribution is 7.88. The topological polar surface area (TPSA) is 66.5 Å². The lowest BCUT2D eigenvalue weighted by Gasteiger charge is -2.31. The molecule has 1 unspecified atom stereocenters. The van der Waals surface area contributed by atoms with E-state index in [-0.39, 0.29) is 29.4 Å². The van der Waals surface area contributed by atoms with E-state index in [0.29, 0.717) is 31.5 Å². The van der Waals surface area contributed by atoms with Crippen LogP contribution in [0.15, 0.2) is 42.5 Å². The number of fused-ring (bicyclic) bond motifs is 1. The van der Waals surface area contributed by atoms with Crippen molar-refractivity contribution >= 4 is 15.9 Å². The van der Waals surface area contributed by atoms with Crippen molar-refractivity contribution in [1.29, 1.82) is 0 Å². The Balaban J connectivity index is 1.33. The fraction of sp³-hybridized carbons (Fsp3) is 0.500. The number of rotatable bonds is 7. The minimum absolute atomic E-state index is 0.00940. The summed E-state index contributed by atoms with van der Waals surface area (Å²) in [6.45, 7) is 2.74. The number of sulfonamides is 1. The Morgan fingerprint density at radius 3 is 2.39 bits per heavy atom. The number of carbonyl (C=O) groups excluding carboxylic acids is 1. The van der Waals surface area contributed by atoms with Crippen LogP contribution < -0.4 is 5.32 Å². The van der Waals surface area contributed by atoms with Gasteiger partial charge in [-0.25, -0.2) is 17.1 Å². The fourth-order valence-electron chi connectivity index (χ4n) is 4.96. The molecule has 1 fully saturated rings. The number of nitrogens with zero attached hydrogens (tertiary/aromatic N) is 1. The number of hydrogen-bond donors (Lipinski definition) is 1. The molecule has 1 N–H and O–H groups in total. The smallest absolute Gasteiger partial charge is 0.223 e. The third kappa shape index (κ3) is 5.82. The zero-order chi connectivity index (χ0) is 23.4. The largest absolute Gasteiger partial charge is 0.349 e. The molecule has 0 saturated carbocycles. The fourth-order valence-corrected chi connectivity index (χ4v) is 6.52. The molecule has 1 saturated heterocycles. The van der Waals surface area contributed by atoms with Gasteiger partial charge in [0.25, 0.3) is 0 Å². The van der Waals surface area contributed by atoms with Crippen LogP contribution in [0.1, 0.15) is 67.3 Å². The number of aryl methyl sites for hydroxylation is 2. The molecule has 7 heteroatoms. The van der Waals surface area contributed by atoms with E-state index in [9.17, 15) is 17.6 Å². The van der Waals surface area contributed by atoms with E-state index in [1.54, 1.807) is 0 Å². The van der Waals surface area contributed by atoms with E-state index in [1.807, 2.05) is 0 Å². The molecule has 2 aromatic carbocycles. The summed E-state index contributed by atoms with van der Waals surface area (Å²) in [5, 5.41) is 3.22. The van der Waals surface area contributed by atoms with Crippen LogP contribution in [0.4, 0.5) is 4.39 Å². The van der Waals surface area contributed by atoms with E-state index < -0.39 is 10.0 Å². The minimum atomic E-state index is -3.50. The van der Waals surface area contributed by atoms with Crippen molar-refractivity contribution in [2.24, 2.45) is 5.92 Å². The summed E-state index contributed by atoms with van der Waals surface area (Å²) < 4.78 is 40.1. The Labute approximate surface area is 196 Å². The lowest BCUT2D eigenvalue weighted by Crippen LogP contribution is -2.44. The number of hydrogen-bond acceptors (Lipinski definition) is 3. The van der Waals surface area contributed by atoms with Gasteiger partial charge in [-0.1, -0.05) is 37.3 Å². The van der Waals surface area contributed by atoms with Crippen LogP contribution in [0.5, 0.6) is 0 Å². The zero-order valence-electron chi connectivity index (χ0n) is 19.2. The SMILES string of the molecule is CCC(NC(=O)C1CCN(S(=O)(=O)Cc2ccc(F)cc2)CC1)c1ccc2c(c1)CCCC2. The van der Waals surface area contributed by atoms with E-state index in [1.165, 1.54) is 52.5 Å². The number of amides is 1. The summed E-state index contributed by atoms with van der Waals surface area (Å²) in [6, 6.07) is 12.1. The van der Waals surface area contributed by atoms with Crippen LogP contribution in [-0.4, -0.2) is 31.7 Å². The Hall–Kier alpha value is -2.25. The van der Waals surface area contributed by atoms with Crippen LogP contribution in [0, 0.1) is 11.7 Å². The molecule has 1 aliphatic carbocycles. The van der Waals surface area contributed by atoms with Gasteiger partial charge in [-0.2, -0.15) is 0 Å². The summed E-state index contributed by atoms with van der Waals surface area (Å²) in [5.41, 5.74) is 4.56. The second kappa shape index (κ2) is 10.3. The third-order valence-corrected chi connectivity index (χ3v) is 8.83. The maximum atomic E-state index is 13.1. The maximum absolute atomic E-state index is 13.1. The van der Waals surface area contributed by atoms with Crippen molar-refractivity contribution < 1.29 is 17.6 Å². The van der Waals surface area contributed by atoms with Gasteiger partial charge in [0, 0.05) is 19.0 Å². The van der Waals surface area contributed by atoms with Crippen molar-refractivity contribution in [1.82, 2.24) is 9.62 Å². The first kappa shape index (κ1) is 23.9. The highest BCUT2D eigenvalue weighted by Gasteiger charge is 2.32. The molecule has 1 amide bonds. The molecule has 2 aromatic rings. The van der Waals surface area contributed by atoms with Crippen LogP contribution in [0.3, 0.4) is 0 Å². The van der Waals surface area contributed by atoms with Crippen molar-refractivity contribution in [2.45, 2.75) is 63.7 Å². The highest BCUT2D eigenvalue weighted by Crippen LogP contribution is 2.27. The summed E-state index contributed by atoms with van der Waals surface area (Å²) in [7, 11) is -3.50. The van der Waals surface area contributed by atoms with Gasteiger partial charge in [-0.05, 0) is 79.3 Å². The van der Waals surface area contributed by atoms with Crippen molar-refractivity contribution in [3.8, 4) is 0 Å². The molecule has 0 aromatic heterocycles. The summed E-state index contributed by atoms with van der Waals surface area (Å²) >= 11 is 0. The van der Waals surface area contributed by atoms with Crippen molar-refractivity contribution in [3.63, 3.8) is 0 Å². The van der Waals surface area contributed by atoms with Gasteiger partial charge in [0.05, 0.1) is 11.8 Å². The van der Waals surface area contributed by atoms with Crippen molar-refractivity contribution in [3.05, 3.63) is 70.5 Å². The third-order valence-electron chi connectivity index (χ3n) is 6.98. The Bertz CT molecular complexity index is 1080. The molecule has 2 aliphatic rings. The lowest BCUT2D eigenvalue weighted by molar-refractivity contribution is -0.126. The second-order valence-corrected chi connectivity index (χ2v) is 11.2. The van der Waals surface area contributed by atoms with Crippen LogP contribution in [-0.2, 0) is 33.4 Å². The number of carbonyl (C=O) groups is 1.